The van der Waals surface area contributed by atoms with E-state index in [1.165, 1.54) is 11.3 Å². The van der Waals surface area contributed by atoms with Gasteiger partial charge in [0.25, 0.3) is 6.54 Å². The van der Waals surface area contributed by atoms with Gasteiger partial charge in [0, 0.05) is 22.3 Å². The molecule has 0 amide bonds. The van der Waals surface area contributed by atoms with Gasteiger partial charge >= 0.3 is 0 Å². The van der Waals surface area contributed by atoms with Crippen LogP contribution in [0.25, 0.3) is 0 Å². The van der Waals surface area contributed by atoms with Gasteiger partial charge in [0.1, 0.15) is 0 Å². The molecule has 1 aliphatic rings. The highest BCUT2D eigenvalue weighted by Crippen LogP contribution is 2.35. The minimum atomic E-state index is -0.425. The summed E-state index contributed by atoms with van der Waals surface area (Å²) in [5.74, 6) is 0.540. The number of aliphatic imine (C=N–C) groups is 2. The van der Waals surface area contributed by atoms with Crippen LogP contribution in [-0.2, 0) is 0 Å². The number of aliphatic hydroxyl groups excluding tert-OH is 1. The number of nitrogens with two attached hydrogens (primary N) is 2. The van der Waals surface area contributed by atoms with Crippen LogP contribution in [0.3, 0.4) is 0 Å². The van der Waals surface area contributed by atoms with E-state index in [0.29, 0.717) is 11.0 Å². The van der Waals surface area contributed by atoms with E-state index in [-0.39, 0.29) is 37.6 Å². The molecule has 2 rings (SSSR count). The van der Waals surface area contributed by atoms with Crippen LogP contribution < -0.4 is 16.8 Å². The number of nitrogens with one attached hydrogen (secondary N) is 1. The molecule has 1 aromatic rings. The molecule has 0 bridgehead atoms. The Bertz CT molecular complexity index is 642. The lowest BCUT2D eigenvalue weighted by atomic mass is 9.84. The first-order valence-electron chi connectivity index (χ1n) is 8.05. The molecule has 10 nitrogen and oxygen atoms in total. The maximum atomic E-state index is 10.8. The molecule has 0 aliphatic heterocycles. The number of aliphatic hydroxyl groups is 1. The summed E-state index contributed by atoms with van der Waals surface area (Å²) in [6.45, 7) is -0.352. The highest BCUT2D eigenvalue weighted by molar-refractivity contribution is 7.13. The molecular formula is C14H23N7O3S. The number of guanidine groups is 1. The first-order valence-corrected chi connectivity index (χ1v) is 8.93. The smallest absolute Gasteiger partial charge is 0.259 e. The van der Waals surface area contributed by atoms with Crippen molar-refractivity contribution < 1.29 is 10.0 Å². The molecule has 25 heavy (non-hydrogen) atoms. The van der Waals surface area contributed by atoms with Gasteiger partial charge in [0.15, 0.2) is 11.8 Å². The molecule has 0 radical (unpaired) electrons. The van der Waals surface area contributed by atoms with Gasteiger partial charge in [-0.05, 0) is 19.3 Å². The molecule has 6 N–H and O–H groups in total. The first kappa shape index (κ1) is 19.1. The van der Waals surface area contributed by atoms with Gasteiger partial charge in [-0.1, -0.05) is 6.42 Å². The van der Waals surface area contributed by atoms with Crippen molar-refractivity contribution in [1.29, 1.82) is 0 Å². The van der Waals surface area contributed by atoms with Gasteiger partial charge in [0.05, 0.1) is 18.8 Å². The Kier molecular flexibility index (Phi) is 7.07. The third kappa shape index (κ3) is 6.27. The fourth-order valence-corrected chi connectivity index (χ4v) is 3.69. The van der Waals surface area contributed by atoms with Crippen molar-refractivity contribution in [2.45, 2.75) is 37.6 Å². The van der Waals surface area contributed by atoms with Gasteiger partial charge in [0.2, 0.25) is 5.13 Å². The van der Waals surface area contributed by atoms with E-state index in [2.05, 4.69) is 20.3 Å². The zero-order chi connectivity index (χ0) is 18.2. The molecule has 138 valence electrons. The zero-order valence-electron chi connectivity index (χ0n) is 13.8. The largest absolute Gasteiger partial charge is 0.394 e. The quantitative estimate of drug-likeness (QED) is 0.233. The van der Waals surface area contributed by atoms with E-state index in [1.54, 1.807) is 0 Å². The van der Waals surface area contributed by atoms with Crippen molar-refractivity contribution in [2.24, 2.45) is 21.5 Å². The summed E-state index contributed by atoms with van der Waals surface area (Å²) in [6, 6.07) is 0.0874. The summed E-state index contributed by atoms with van der Waals surface area (Å²) in [7, 11) is 0. The summed E-state index contributed by atoms with van der Waals surface area (Å²) in [6.07, 6.45) is 3.71. The number of hydrogen-bond acceptors (Lipinski definition) is 7. The molecule has 1 aromatic heterocycles. The average molecular weight is 369 g/mol. The highest BCUT2D eigenvalue weighted by atomic mass is 32.1. The third-order valence-corrected chi connectivity index (χ3v) is 4.63. The van der Waals surface area contributed by atoms with Crippen LogP contribution in [-0.4, -0.2) is 52.5 Å². The van der Waals surface area contributed by atoms with Crippen molar-refractivity contribution in [3.05, 3.63) is 21.2 Å². The summed E-state index contributed by atoms with van der Waals surface area (Å²) in [5.41, 5.74) is 11.7. The number of rotatable bonds is 7. The van der Waals surface area contributed by atoms with E-state index in [9.17, 15) is 10.1 Å². The summed E-state index contributed by atoms with van der Waals surface area (Å²) in [4.78, 5) is 22.8. The average Bonchev–Trinajstić information content (AvgIpc) is 3.00. The minimum absolute atomic E-state index is 0.0198. The number of nitrogens with zero attached hydrogens (tertiary/aromatic N) is 4. The van der Waals surface area contributed by atoms with Crippen LogP contribution in [0.5, 0.6) is 0 Å². The second-order valence-corrected chi connectivity index (χ2v) is 6.68. The lowest BCUT2D eigenvalue weighted by molar-refractivity contribution is -0.463. The van der Waals surface area contributed by atoms with Crippen LogP contribution in [0.1, 0.15) is 37.3 Å². The van der Waals surface area contributed by atoms with Crippen LogP contribution in [0.4, 0.5) is 5.13 Å². The van der Waals surface area contributed by atoms with Gasteiger partial charge in [-0.3, -0.25) is 15.1 Å². The van der Waals surface area contributed by atoms with E-state index in [0.717, 1.165) is 31.4 Å². The third-order valence-electron chi connectivity index (χ3n) is 3.88. The summed E-state index contributed by atoms with van der Waals surface area (Å²) >= 11 is 1.39. The van der Waals surface area contributed by atoms with Gasteiger partial charge < -0.3 is 21.9 Å². The SMILES string of the molecule is NC(N)=Nc1nc(C2CCCC(NC(C[N+](=O)[O-])=NCCO)C2)cs1. The Balaban J connectivity index is 2.00. The summed E-state index contributed by atoms with van der Waals surface area (Å²) in [5, 5.41) is 25.3. The standard InChI is InChI=1S/C14H23N7O3S/c15-13(16)20-14-19-11(8-25-14)9-2-1-3-10(6-9)18-12(7-21(23)24)17-4-5-22/h8-10,22H,1-7H2,(H,17,18)(H4,15,16,19,20). The number of hydrogen-bond donors (Lipinski definition) is 4. The Morgan fingerprint density at radius 1 is 1.52 bits per heavy atom. The molecule has 1 aliphatic carbocycles. The van der Waals surface area contributed by atoms with Crippen molar-refractivity contribution in [3.8, 4) is 0 Å². The predicted octanol–water partition coefficient (Wildman–Crippen LogP) is 0.331. The second-order valence-electron chi connectivity index (χ2n) is 5.84. The Hall–Kier alpha value is -2.27. The van der Waals surface area contributed by atoms with Crippen LogP contribution in [0.15, 0.2) is 15.4 Å². The molecule has 0 saturated heterocycles. The monoisotopic (exact) mass is 369 g/mol. The molecule has 2 unspecified atom stereocenters. The van der Waals surface area contributed by atoms with Crippen molar-refractivity contribution in [1.82, 2.24) is 10.3 Å². The fraction of sp³-hybridized carbons (Fsp3) is 0.643. The van der Waals surface area contributed by atoms with E-state index in [4.69, 9.17) is 16.6 Å². The molecule has 1 fully saturated rings. The molecule has 0 spiro atoms. The van der Waals surface area contributed by atoms with Crippen molar-refractivity contribution in [2.75, 3.05) is 19.7 Å². The molecule has 1 saturated carbocycles. The number of aromatic nitrogens is 1. The van der Waals surface area contributed by atoms with Gasteiger partial charge in [-0.15, -0.1) is 11.3 Å². The number of thiazole rings is 1. The topological polar surface area (TPSA) is 165 Å². The normalized spacial score (nSPS) is 20.9. The first-order chi connectivity index (χ1) is 12.0. The van der Waals surface area contributed by atoms with E-state index >= 15 is 0 Å². The molecule has 0 aromatic carbocycles. The molecule has 2 atom stereocenters. The van der Waals surface area contributed by atoms with E-state index < -0.39 is 4.92 Å². The lowest BCUT2D eigenvalue weighted by Crippen LogP contribution is -2.41. The number of nitro groups is 1. The maximum Gasteiger partial charge on any atom is 0.259 e. The fourth-order valence-electron chi connectivity index (χ4n) is 2.90. The molecule has 11 heteroatoms. The van der Waals surface area contributed by atoms with Crippen molar-refractivity contribution in [3.63, 3.8) is 0 Å². The van der Waals surface area contributed by atoms with Crippen LogP contribution >= 0.6 is 11.3 Å². The van der Waals surface area contributed by atoms with E-state index in [1.807, 2.05) is 5.38 Å². The van der Waals surface area contributed by atoms with Gasteiger partial charge in [-0.2, -0.15) is 4.99 Å². The Morgan fingerprint density at radius 2 is 2.32 bits per heavy atom. The van der Waals surface area contributed by atoms with Gasteiger partial charge in [-0.25, -0.2) is 4.98 Å². The Labute approximate surface area is 149 Å². The highest BCUT2D eigenvalue weighted by Gasteiger charge is 2.26. The van der Waals surface area contributed by atoms with Crippen molar-refractivity contribution >= 4 is 28.3 Å². The Morgan fingerprint density at radius 3 is 3.00 bits per heavy atom. The maximum absolute atomic E-state index is 10.8. The number of amidine groups is 1. The predicted molar refractivity (Wildman–Crippen MR) is 97.0 cm³/mol. The zero-order valence-corrected chi connectivity index (χ0v) is 14.6. The second kappa shape index (κ2) is 9.28. The lowest BCUT2D eigenvalue weighted by Gasteiger charge is -2.29. The summed E-state index contributed by atoms with van der Waals surface area (Å²) < 4.78 is 0. The molecular weight excluding hydrogens is 346 g/mol. The minimum Gasteiger partial charge on any atom is -0.394 e. The van der Waals surface area contributed by atoms with Crippen LogP contribution in [0.2, 0.25) is 0 Å². The van der Waals surface area contributed by atoms with Crippen LogP contribution in [0, 0.1) is 10.1 Å². The molecule has 1 heterocycles.